The van der Waals surface area contributed by atoms with Gasteiger partial charge in [0.15, 0.2) is 0 Å². The molecule has 2 atom stereocenters. The molecule has 0 N–H and O–H groups in total. The van der Waals surface area contributed by atoms with Gasteiger partial charge < -0.3 is 19.4 Å². The van der Waals surface area contributed by atoms with Crippen molar-refractivity contribution < 1.29 is 4.74 Å². The largest absolute Gasteiger partial charge is 0.497 e. The number of rotatable bonds is 3. The lowest BCUT2D eigenvalue weighted by Crippen LogP contribution is -2.33. The Morgan fingerprint density at radius 3 is 2.21 bits per heavy atom. The van der Waals surface area contributed by atoms with Crippen molar-refractivity contribution in [2.75, 3.05) is 50.1 Å². The van der Waals surface area contributed by atoms with E-state index in [-0.39, 0.29) is 0 Å². The van der Waals surface area contributed by atoms with Crippen LogP contribution in [0.1, 0.15) is 13.8 Å². The zero-order valence-electron chi connectivity index (χ0n) is 17.2. The number of methoxy groups -OCH3 is 1. The van der Waals surface area contributed by atoms with Gasteiger partial charge >= 0.3 is 0 Å². The van der Waals surface area contributed by atoms with Crippen LogP contribution in [0.25, 0.3) is 0 Å². The van der Waals surface area contributed by atoms with Gasteiger partial charge in [-0.05, 0) is 62.1 Å². The number of likely N-dealkylation sites (tertiary alicyclic amines) is 1. The summed E-state index contributed by atoms with van der Waals surface area (Å²) in [5.74, 6) is 2.55. The van der Waals surface area contributed by atoms with Crippen molar-refractivity contribution >= 4 is 28.8 Å². The third-order valence-electron chi connectivity index (χ3n) is 6.66. The molecule has 2 aromatic carbocycles. The van der Waals surface area contributed by atoms with Crippen LogP contribution in [0.3, 0.4) is 0 Å². The van der Waals surface area contributed by atoms with E-state index in [1.807, 2.05) is 17.8 Å². The number of fused-ring (bicyclic) bond motifs is 3. The first kappa shape index (κ1) is 18.2. The van der Waals surface area contributed by atoms with Crippen molar-refractivity contribution in [1.82, 2.24) is 4.90 Å². The summed E-state index contributed by atoms with van der Waals surface area (Å²) >= 11 is 1.86. The summed E-state index contributed by atoms with van der Waals surface area (Å²) < 4.78 is 5.43. The number of hydrogen-bond donors (Lipinski definition) is 0. The fourth-order valence-corrected chi connectivity index (χ4v) is 6.16. The van der Waals surface area contributed by atoms with E-state index in [9.17, 15) is 0 Å². The van der Waals surface area contributed by atoms with Gasteiger partial charge in [-0.2, -0.15) is 0 Å². The third kappa shape index (κ3) is 2.96. The van der Waals surface area contributed by atoms with Crippen molar-refractivity contribution in [1.29, 1.82) is 0 Å². The van der Waals surface area contributed by atoms with Gasteiger partial charge in [0, 0.05) is 54.7 Å². The molecule has 3 aliphatic heterocycles. The molecule has 3 aliphatic rings. The lowest BCUT2D eigenvalue weighted by atomic mass is 10.0. The molecule has 3 heterocycles. The summed E-state index contributed by atoms with van der Waals surface area (Å²) in [6, 6.07) is 14.0. The lowest BCUT2D eigenvalue weighted by Gasteiger charge is -2.31. The van der Waals surface area contributed by atoms with Gasteiger partial charge in [-0.3, -0.25) is 0 Å². The summed E-state index contributed by atoms with van der Waals surface area (Å²) in [7, 11) is 3.89. The van der Waals surface area contributed by atoms with Crippen molar-refractivity contribution in [2.45, 2.75) is 29.7 Å². The number of benzene rings is 2. The van der Waals surface area contributed by atoms with Gasteiger partial charge in [0.05, 0.1) is 18.5 Å². The molecule has 2 aromatic rings. The molecule has 0 spiro atoms. The van der Waals surface area contributed by atoms with Crippen LogP contribution in [0.4, 0.5) is 17.1 Å². The summed E-state index contributed by atoms with van der Waals surface area (Å²) in [6.45, 7) is 9.55. The normalized spacial score (nSPS) is 23.8. The zero-order chi connectivity index (χ0) is 19.4. The fraction of sp³-hybridized carbons (Fsp3) is 0.478. The Labute approximate surface area is 172 Å². The molecule has 2 saturated heterocycles. The molecule has 5 rings (SSSR count). The predicted molar refractivity (Wildman–Crippen MR) is 118 cm³/mol. The molecule has 28 heavy (non-hydrogen) atoms. The van der Waals surface area contributed by atoms with Crippen LogP contribution in [-0.4, -0.2) is 51.3 Å². The Kier molecular flexibility index (Phi) is 4.48. The van der Waals surface area contributed by atoms with E-state index in [0.29, 0.717) is 6.04 Å². The maximum absolute atomic E-state index is 5.43. The molecule has 0 aliphatic carbocycles. The molecule has 2 fully saturated rings. The van der Waals surface area contributed by atoms with Crippen LogP contribution in [0.5, 0.6) is 5.75 Å². The van der Waals surface area contributed by atoms with E-state index in [1.54, 1.807) is 7.11 Å². The Hall–Kier alpha value is -1.85. The molecule has 0 unspecified atom stereocenters. The monoisotopic (exact) mass is 395 g/mol. The van der Waals surface area contributed by atoms with Gasteiger partial charge in [0.25, 0.3) is 0 Å². The van der Waals surface area contributed by atoms with E-state index in [2.05, 4.69) is 65.9 Å². The Morgan fingerprint density at radius 1 is 0.929 bits per heavy atom. The number of nitrogens with zero attached hydrogens (tertiary/aromatic N) is 3. The van der Waals surface area contributed by atoms with E-state index in [1.165, 1.54) is 53.0 Å². The highest BCUT2D eigenvalue weighted by Crippen LogP contribution is 2.49. The predicted octanol–water partition coefficient (Wildman–Crippen LogP) is 4.70. The van der Waals surface area contributed by atoms with Crippen LogP contribution in [0.15, 0.2) is 46.2 Å². The second-order valence-corrected chi connectivity index (χ2v) is 9.70. The quantitative estimate of drug-likeness (QED) is 0.748. The van der Waals surface area contributed by atoms with E-state index in [0.717, 1.165) is 17.6 Å². The van der Waals surface area contributed by atoms with Crippen LogP contribution in [0, 0.1) is 11.8 Å². The minimum absolute atomic E-state index is 0.673. The maximum Gasteiger partial charge on any atom is 0.120 e. The van der Waals surface area contributed by atoms with Gasteiger partial charge in [-0.1, -0.05) is 11.8 Å². The second-order valence-electron chi connectivity index (χ2n) is 8.62. The summed E-state index contributed by atoms with van der Waals surface area (Å²) in [5, 5.41) is 0. The molecule has 0 radical (unpaired) electrons. The highest BCUT2D eigenvalue weighted by molar-refractivity contribution is 7.99. The number of hydrogen-bond acceptors (Lipinski definition) is 5. The Bertz CT molecular complexity index is 885. The second kappa shape index (κ2) is 6.89. The molecule has 148 valence electrons. The lowest BCUT2D eigenvalue weighted by molar-refractivity contribution is 0.258. The average molecular weight is 396 g/mol. The molecule has 0 saturated carbocycles. The smallest absolute Gasteiger partial charge is 0.120 e. The minimum atomic E-state index is 0.673. The van der Waals surface area contributed by atoms with Crippen LogP contribution < -0.4 is 14.5 Å². The van der Waals surface area contributed by atoms with E-state index >= 15 is 0 Å². The molecular formula is C23H29N3OS. The van der Waals surface area contributed by atoms with Crippen LogP contribution >= 0.6 is 11.8 Å². The van der Waals surface area contributed by atoms with Crippen molar-refractivity contribution in [3.63, 3.8) is 0 Å². The van der Waals surface area contributed by atoms with Gasteiger partial charge in [0.1, 0.15) is 5.75 Å². The highest BCUT2D eigenvalue weighted by Gasteiger charge is 2.40. The van der Waals surface area contributed by atoms with E-state index in [4.69, 9.17) is 4.74 Å². The minimum Gasteiger partial charge on any atom is -0.497 e. The first-order valence-electron chi connectivity index (χ1n) is 10.3. The third-order valence-corrected chi connectivity index (χ3v) is 7.76. The van der Waals surface area contributed by atoms with Crippen molar-refractivity contribution in [2.24, 2.45) is 11.8 Å². The fourth-order valence-electron chi connectivity index (χ4n) is 4.95. The van der Waals surface area contributed by atoms with Gasteiger partial charge in [0.2, 0.25) is 0 Å². The number of ether oxygens (including phenoxy) is 1. The maximum atomic E-state index is 5.43. The molecule has 0 aromatic heterocycles. The first-order valence-corrected chi connectivity index (χ1v) is 11.1. The standard InChI is InChI=1S/C23H29N3OS/c1-15(2)25-11-16-13-26(14-17(16)12-25)18-5-7-20-22(9-18)28-23-10-19(27-4)6-8-21(23)24(20)3/h5-10,15-17H,11-14H2,1-4H3/t16-,17+. The SMILES string of the molecule is COc1ccc2c(c1)Sc1cc(N3C[C@@H]4CN(C(C)C)C[C@@H]4C3)ccc1N2C. The molecule has 0 bridgehead atoms. The molecule has 4 nitrogen and oxygen atoms in total. The highest BCUT2D eigenvalue weighted by atomic mass is 32.2. The first-order chi connectivity index (χ1) is 13.5. The summed E-state index contributed by atoms with van der Waals surface area (Å²) in [6.07, 6.45) is 0. The summed E-state index contributed by atoms with van der Waals surface area (Å²) in [5.41, 5.74) is 3.91. The average Bonchev–Trinajstić information content (AvgIpc) is 3.26. The number of anilines is 3. The van der Waals surface area contributed by atoms with E-state index < -0.39 is 0 Å². The summed E-state index contributed by atoms with van der Waals surface area (Å²) in [4.78, 5) is 10.1. The van der Waals surface area contributed by atoms with Crippen LogP contribution in [0.2, 0.25) is 0 Å². The molecule has 5 heteroatoms. The Morgan fingerprint density at radius 2 is 1.57 bits per heavy atom. The molecule has 0 amide bonds. The topological polar surface area (TPSA) is 19.0 Å². The van der Waals surface area contributed by atoms with Gasteiger partial charge in [-0.25, -0.2) is 0 Å². The van der Waals surface area contributed by atoms with Crippen molar-refractivity contribution in [3.05, 3.63) is 36.4 Å². The Balaban J connectivity index is 1.38. The molecular weight excluding hydrogens is 366 g/mol. The zero-order valence-corrected chi connectivity index (χ0v) is 18.0. The van der Waals surface area contributed by atoms with Crippen molar-refractivity contribution in [3.8, 4) is 5.75 Å². The van der Waals surface area contributed by atoms with Gasteiger partial charge in [-0.15, -0.1) is 0 Å². The van der Waals surface area contributed by atoms with Crippen LogP contribution in [-0.2, 0) is 0 Å².